The molecule has 0 aliphatic heterocycles. The van der Waals surface area contributed by atoms with Crippen molar-refractivity contribution < 1.29 is 8.78 Å². The monoisotopic (exact) mass is 220 g/mol. The summed E-state index contributed by atoms with van der Waals surface area (Å²) < 4.78 is 26.6. The first-order valence-electron chi connectivity index (χ1n) is 4.75. The van der Waals surface area contributed by atoms with E-state index in [1.54, 1.807) is 19.1 Å². The van der Waals surface area contributed by atoms with Gasteiger partial charge in [-0.3, -0.25) is 4.98 Å². The van der Waals surface area contributed by atoms with Gasteiger partial charge >= 0.3 is 0 Å². The minimum absolute atomic E-state index is 0.277. The second-order valence-corrected chi connectivity index (χ2v) is 3.56. The van der Waals surface area contributed by atoms with Crippen molar-refractivity contribution in [2.24, 2.45) is 0 Å². The molecule has 16 heavy (non-hydrogen) atoms. The molecule has 2 rings (SSSR count). The summed E-state index contributed by atoms with van der Waals surface area (Å²) >= 11 is 0. The third kappa shape index (κ3) is 1.86. The van der Waals surface area contributed by atoms with Crippen molar-refractivity contribution in [1.82, 2.24) is 4.98 Å². The van der Waals surface area contributed by atoms with Gasteiger partial charge in [-0.2, -0.15) is 0 Å². The smallest absolute Gasteiger partial charge is 0.135 e. The Morgan fingerprint density at radius 2 is 1.88 bits per heavy atom. The van der Waals surface area contributed by atoms with E-state index in [0.717, 1.165) is 6.07 Å². The van der Waals surface area contributed by atoms with Crippen LogP contribution < -0.4 is 5.73 Å². The van der Waals surface area contributed by atoms with Crippen molar-refractivity contribution in [2.75, 3.05) is 5.73 Å². The molecule has 1 aromatic carbocycles. The number of benzene rings is 1. The lowest BCUT2D eigenvalue weighted by atomic mass is 10.1. The zero-order chi connectivity index (χ0) is 11.7. The van der Waals surface area contributed by atoms with Gasteiger partial charge in [-0.15, -0.1) is 0 Å². The van der Waals surface area contributed by atoms with Gasteiger partial charge in [-0.05, 0) is 30.7 Å². The van der Waals surface area contributed by atoms with Gasteiger partial charge in [0.05, 0.1) is 17.6 Å². The highest BCUT2D eigenvalue weighted by atomic mass is 19.1. The second kappa shape index (κ2) is 3.89. The Kier molecular flexibility index (Phi) is 2.56. The molecule has 0 bridgehead atoms. The SMILES string of the molecule is Cc1cc(-c2ccc(N)cn2)c(F)cc1F. The maximum atomic E-state index is 13.5. The summed E-state index contributed by atoms with van der Waals surface area (Å²) in [5.41, 5.74) is 7.08. The zero-order valence-electron chi connectivity index (χ0n) is 8.67. The molecule has 4 heteroatoms. The van der Waals surface area contributed by atoms with Gasteiger partial charge in [0.25, 0.3) is 0 Å². The highest BCUT2D eigenvalue weighted by Crippen LogP contribution is 2.24. The third-order valence-corrected chi connectivity index (χ3v) is 2.31. The minimum Gasteiger partial charge on any atom is -0.397 e. The van der Waals surface area contributed by atoms with E-state index in [0.29, 0.717) is 16.9 Å². The molecule has 1 heterocycles. The molecule has 1 aromatic heterocycles. The van der Waals surface area contributed by atoms with Gasteiger partial charge in [0, 0.05) is 11.6 Å². The highest BCUT2D eigenvalue weighted by Gasteiger charge is 2.09. The number of anilines is 1. The zero-order valence-corrected chi connectivity index (χ0v) is 8.67. The number of aryl methyl sites for hydroxylation is 1. The number of pyridine rings is 1. The number of hydrogen-bond acceptors (Lipinski definition) is 2. The second-order valence-electron chi connectivity index (χ2n) is 3.56. The van der Waals surface area contributed by atoms with Crippen molar-refractivity contribution in [1.29, 1.82) is 0 Å². The predicted molar refractivity (Wildman–Crippen MR) is 58.7 cm³/mol. The average Bonchev–Trinajstić information content (AvgIpc) is 2.25. The Hall–Kier alpha value is -1.97. The van der Waals surface area contributed by atoms with Crippen LogP contribution in [0.5, 0.6) is 0 Å². The number of nitrogens with zero attached hydrogens (tertiary/aromatic N) is 1. The molecule has 0 saturated heterocycles. The maximum absolute atomic E-state index is 13.5. The Morgan fingerprint density at radius 1 is 1.12 bits per heavy atom. The van der Waals surface area contributed by atoms with E-state index in [9.17, 15) is 8.78 Å². The van der Waals surface area contributed by atoms with E-state index in [4.69, 9.17) is 5.73 Å². The Balaban J connectivity index is 2.56. The molecule has 0 unspecified atom stereocenters. The van der Waals surface area contributed by atoms with Crippen molar-refractivity contribution >= 4 is 5.69 Å². The summed E-state index contributed by atoms with van der Waals surface area (Å²) in [7, 11) is 0. The summed E-state index contributed by atoms with van der Waals surface area (Å²) in [4.78, 5) is 3.99. The topological polar surface area (TPSA) is 38.9 Å². The van der Waals surface area contributed by atoms with Gasteiger partial charge in [0.15, 0.2) is 0 Å². The number of halogens is 2. The van der Waals surface area contributed by atoms with Gasteiger partial charge in [0.2, 0.25) is 0 Å². The first kappa shape index (κ1) is 10.5. The standard InChI is InChI=1S/C12H10F2N2/c1-7-4-9(11(14)5-10(7)13)12-3-2-8(15)6-16-12/h2-6H,15H2,1H3. The van der Waals surface area contributed by atoms with Crippen LogP contribution in [0.15, 0.2) is 30.5 Å². The van der Waals surface area contributed by atoms with E-state index in [-0.39, 0.29) is 5.56 Å². The molecule has 0 aliphatic rings. The molecule has 2 N–H and O–H groups in total. The van der Waals surface area contributed by atoms with Crippen LogP contribution in [0.2, 0.25) is 0 Å². The van der Waals surface area contributed by atoms with Crippen LogP contribution in [0.25, 0.3) is 11.3 Å². The van der Waals surface area contributed by atoms with E-state index in [1.165, 1.54) is 12.3 Å². The number of nitrogens with two attached hydrogens (primary N) is 1. The van der Waals surface area contributed by atoms with E-state index in [1.807, 2.05) is 0 Å². The Labute approximate surface area is 91.7 Å². The molecule has 2 nitrogen and oxygen atoms in total. The Morgan fingerprint density at radius 3 is 2.50 bits per heavy atom. The lowest BCUT2D eigenvalue weighted by Crippen LogP contribution is -1.93. The molecule has 0 atom stereocenters. The van der Waals surface area contributed by atoms with Crippen LogP contribution >= 0.6 is 0 Å². The van der Waals surface area contributed by atoms with E-state index < -0.39 is 11.6 Å². The molecule has 0 saturated carbocycles. The van der Waals surface area contributed by atoms with Crippen molar-refractivity contribution in [2.45, 2.75) is 6.92 Å². The van der Waals surface area contributed by atoms with Crippen LogP contribution in [0, 0.1) is 18.6 Å². The van der Waals surface area contributed by atoms with Crippen LogP contribution in [0.4, 0.5) is 14.5 Å². The Bertz CT molecular complexity index is 521. The number of hydrogen-bond donors (Lipinski definition) is 1. The molecule has 0 amide bonds. The molecule has 0 spiro atoms. The van der Waals surface area contributed by atoms with Crippen LogP contribution in [-0.2, 0) is 0 Å². The summed E-state index contributed by atoms with van der Waals surface area (Å²) in [5, 5.41) is 0. The summed E-state index contributed by atoms with van der Waals surface area (Å²) in [5.74, 6) is -1.18. The van der Waals surface area contributed by atoms with Gasteiger partial charge in [-0.25, -0.2) is 8.78 Å². The quantitative estimate of drug-likeness (QED) is 0.802. The highest BCUT2D eigenvalue weighted by molar-refractivity contribution is 5.62. The largest absolute Gasteiger partial charge is 0.397 e. The van der Waals surface area contributed by atoms with Crippen LogP contribution in [0.1, 0.15) is 5.56 Å². The van der Waals surface area contributed by atoms with E-state index in [2.05, 4.69) is 4.98 Å². The molecule has 82 valence electrons. The molecule has 2 aromatic rings. The minimum atomic E-state index is -0.625. The maximum Gasteiger partial charge on any atom is 0.135 e. The van der Waals surface area contributed by atoms with Crippen molar-refractivity contribution in [3.05, 3.63) is 47.7 Å². The predicted octanol–water partition coefficient (Wildman–Crippen LogP) is 2.92. The number of rotatable bonds is 1. The van der Waals surface area contributed by atoms with Crippen molar-refractivity contribution in [3.63, 3.8) is 0 Å². The molecular formula is C12H10F2N2. The van der Waals surface area contributed by atoms with Gasteiger partial charge in [-0.1, -0.05) is 0 Å². The molecular weight excluding hydrogens is 210 g/mol. The summed E-state index contributed by atoms with van der Waals surface area (Å²) in [6, 6.07) is 5.53. The van der Waals surface area contributed by atoms with Crippen molar-refractivity contribution in [3.8, 4) is 11.3 Å². The fourth-order valence-electron chi connectivity index (χ4n) is 1.42. The van der Waals surface area contributed by atoms with Gasteiger partial charge < -0.3 is 5.73 Å². The normalized spacial score (nSPS) is 10.4. The number of nitrogen functional groups attached to an aromatic ring is 1. The lowest BCUT2D eigenvalue weighted by molar-refractivity contribution is 0.579. The number of aromatic nitrogens is 1. The average molecular weight is 220 g/mol. The fraction of sp³-hybridized carbons (Fsp3) is 0.0833. The van der Waals surface area contributed by atoms with Crippen LogP contribution in [-0.4, -0.2) is 4.98 Å². The third-order valence-electron chi connectivity index (χ3n) is 2.31. The fourth-order valence-corrected chi connectivity index (χ4v) is 1.42. The summed E-state index contributed by atoms with van der Waals surface area (Å²) in [6.45, 7) is 1.58. The molecule has 0 fully saturated rings. The first-order chi connectivity index (χ1) is 7.58. The lowest BCUT2D eigenvalue weighted by Gasteiger charge is -2.05. The summed E-state index contributed by atoms with van der Waals surface area (Å²) in [6.07, 6.45) is 1.44. The van der Waals surface area contributed by atoms with E-state index >= 15 is 0 Å². The first-order valence-corrected chi connectivity index (χ1v) is 4.75. The molecule has 0 radical (unpaired) electrons. The van der Waals surface area contributed by atoms with Crippen LogP contribution in [0.3, 0.4) is 0 Å². The van der Waals surface area contributed by atoms with Gasteiger partial charge in [0.1, 0.15) is 11.6 Å². The molecule has 0 aliphatic carbocycles.